The quantitative estimate of drug-likeness (QED) is 0.909. The van der Waals surface area contributed by atoms with Gasteiger partial charge in [0.25, 0.3) is 0 Å². The number of nitrogens with two attached hydrogens (primary N) is 1. The number of anilines is 1. The van der Waals surface area contributed by atoms with Gasteiger partial charge in [-0.2, -0.15) is 0 Å². The van der Waals surface area contributed by atoms with Crippen molar-refractivity contribution in [3.8, 4) is 11.1 Å². The van der Waals surface area contributed by atoms with Crippen molar-refractivity contribution in [1.82, 2.24) is 5.16 Å². The van der Waals surface area contributed by atoms with E-state index in [2.05, 4.69) is 5.16 Å². The molecule has 0 atom stereocenters. The van der Waals surface area contributed by atoms with Crippen LogP contribution >= 0.6 is 0 Å². The summed E-state index contributed by atoms with van der Waals surface area (Å²) in [5.74, 6) is 1.75. The predicted molar refractivity (Wildman–Crippen MR) is 76.6 cm³/mol. The van der Waals surface area contributed by atoms with Gasteiger partial charge in [-0.3, -0.25) is 0 Å². The molecule has 1 fully saturated rings. The maximum atomic E-state index is 13.0. The Morgan fingerprint density at radius 1 is 1.20 bits per heavy atom. The third kappa shape index (κ3) is 2.69. The molecule has 2 aromatic rings. The van der Waals surface area contributed by atoms with Crippen LogP contribution in [0.2, 0.25) is 0 Å². The van der Waals surface area contributed by atoms with Crippen molar-refractivity contribution in [2.24, 2.45) is 5.92 Å². The standard InChI is InChI=1S/C16H19FN2O/c17-13-8-6-12(7-9-13)15-14(20-19-16(15)18)10-5-11-3-1-2-4-11/h6-9,11H,1-5,10H2,(H2,18,19). The number of aryl methyl sites for hydroxylation is 1. The molecule has 3 nitrogen and oxygen atoms in total. The Hall–Kier alpha value is -1.84. The average molecular weight is 274 g/mol. The molecule has 3 rings (SSSR count). The topological polar surface area (TPSA) is 52.0 Å². The van der Waals surface area contributed by atoms with Gasteiger partial charge in [-0.15, -0.1) is 0 Å². The number of nitrogens with zero attached hydrogens (tertiary/aromatic N) is 1. The summed E-state index contributed by atoms with van der Waals surface area (Å²) in [7, 11) is 0. The second-order valence-corrected chi connectivity index (χ2v) is 5.56. The SMILES string of the molecule is Nc1noc(CCC2CCCC2)c1-c1ccc(F)cc1. The summed E-state index contributed by atoms with van der Waals surface area (Å²) in [5, 5.41) is 3.87. The van der Waals surface area contributed by atoms with Crippen molar-refractivity contribution in [3.63, 3.8) is 0 Å². The van der Waals surface area contributed by atoms with Crippen LogP contribution in [0.25, 0.3) is 11.1 Å². The Labute approximate surface area is 118 Å². The molecule has 2 N–H and O–H groups in total. The fourth-order valence-electron chi connectivity index (χ4n) is 3.07. The first-order valence-electron chi connectivity index (χ1n) is 7.24. The number of halogens is 1. The maximum absolute atomic E-state index is 13.0. The Morgan fingerprint density at radius 2 is 1.90 bits per heavy atom. The lowest BCUT2D eigenvalue weighted by Crippen LogP contribution is -1.97. The number of hydrogen-bond acceptors (Lipinski definition) is 3. The normalized spacial score (nSPS) is 15.8. The van der Waals surface area contributed by atoms with Gasteiger partial charge in [0.05, 0.1) is 5.56 Å². The van der Waals surface area contributed by atoms with Crippen molar-refractivity contribution in [2.75, 3.05) is 5.73 Å². The largest absolute Gasteiger partial charge is 0.380 e. The van der Waals surface area contributed by atoms with Gasteiger partial charge in [0.1, 0.15) is 11.6 Å². The minimum Gasteiger partial charge on any atom is -0.380 e. The first-order valence-corrected chi connectivity index (χ1v) is 7.24. The van der Waals surface area contributed by atoms with Gasteiger partial charge in [-0.25, -0.2) is 4.39 Å². The molecule has 1 aliphatic rings. The fourth-order valence-corrected chi connectivity index (χ4v) is 3.07. The molecule has 1 heterocycles. The molecule has 0 amide bonds. The molecule has 4 heteroatoms. The van der Waals surface area contributed by atoms with Gasteiger partial charge < -0.3 is 10.3 Å². The summed E-state index contributed by atoms with van der Waals surface area (Å²) in [4.78, 5) is 0. The van der Waals surface area contributed by atoms with Crippen LogP contribution < -0.4 is 5.73 Å². The van der Waals surface area contributed by atoms with E-state index in [0.29, 0.717) is 5.82 Å². The summed E-state index contributed by atoms with van der Waals surface area (Å²) in [6, 6.07) is 6.31. The third-order valence-electron chi connectivity index (χ3n) is 4.18. The molecular formula is C16H19FN2O. The molecule has 0 aliphatic heterocycles. The van der Waals surface area contributed by atoms with Crippen molar-refractivity contribution in [1.29, 1.82) is 0 Å². The molecule has 0 bridgehead atoms. The lowest BCUT2D eigenvalue weighted by atomic mass is 9.97. The first-order chi connectivity index (χ1) is 9.74. The van der Waals surface area contributed by atoms with Gasteiger partial charge in [0.15, 0.2) is 5.82 Å². The molecule has 1 aliphatic carbocycles. The van der Waals surface area contributed by atoms with E-state index in [9.17, 15) is 4.39 Å². The van der Waals surface area contributed by atoms with Crippen LogP contribution in [0.15, 0.2) is 28.8 Å². The van der Waals surface area contributed by atoms with E-state index in [1.807, 2.05) is 0 Å². The summed E-state index contributed by atoms with van der Waals surface area (Å²) in [6.45, 7) is 0. The first kappa shape index (κ1) is 13.2. The third-order valence-corrected chi connectivity index (χ3v) is 4.18. The summed E-state index contributed by atoms with van der Waals surface area (Å²) >= 11 is 0. The smallest absolute Gasteiger partial charge is 0.175 e. The number of benzene rings is 1. The predicted octanol–water partition coefficient (Wildman–Crippen LogP) is 4.19. The molecule has 0 spiro atoms. The summed E-state index contributed by atoms with van der Waals surface area (Å²) < 4.78 is 18.4. The molecule has 0 saturated heterocycles. The zero-order valence-electron chi connectivity index (χ0n) is 11.4. The van der Waals surface area contributed by atoms with Crippen molar-refractivity contribution in [2.45, 2.75) is 38.5 Å². The van der Waals surface area contributed by atoms with Gasteiger partial charge in [0, 0.05) is 6.42 Å². The van der Waals surface area contributed by atoms with Crippen molar-refractivity contribution < 1.29 is 8.91 Å². The van der Waals surface area contributed by atoms with Crippen LogP contribution in [0.5, 0.6) is 0 Å². The van der Waals surface area contributed by atoms with Crippen LogP contribution in [-0.2, 0) is 6.42 Å². The second-order valence-electron chi connectivity index (χ2n) is 5.56. The van der Waals surface area contributed by atoms with Crippen LogP contribution in [0.3, 0.4) is 0 Å². The van der Waals surface area contributed by atoms with E-state index in [4.69, 9.17) is 10.3 Å². The molecule has 1 saturated carbocycles. The highest BCUT2D eigenvalue weighted by atomic mass is 19.1. The number of aromatic nitrogens is 1. The number of hydrogen-bond donors (Lipinski definition) is 1. The van der Waals surface area contributed by atoms with Gasteiger partial charge in [-0.05, 0) is 30.0 Å². The number of nitrogen functional groups attached to an aromatic ring is 1. The minimum atomic E-state index is -0.253. The monoisotopic (exact) mass is 274 g/mol. The summed E-state index contributed by atoms with van der Waals surface area (Å²) in [6.07, 6.45) is 7.28. The highest BCUT2D eigenvalue weighted by Crippen LogP contribution is 2.33. The van der Waals surface area contributed by atoms with Crippen LogP contribution in [0.1, 0.15) is 37.9 Å². The van der Waals surface area contributed by atoms with E-state index in [0.717, 1.165) is 35.6 Å². The molecule has 1 aromatic heterocycles. The Morgan fingerprint density at radius 3 is 2.60 bits per heavy atom. The molecule has 0 radical (unpaired) electrons. The molecule has 0 unspecified atom stereocenters. The minimum absolute atomic E-state index is 0.253. The Bertz CT molecular complexity index is 571. The lowest BCUT2D eigenvalue weighted by molar-refractivity contribution is 0.370. The van der Waals surface area contributed by atoms with Crippen LogP contribution in [0.4, 0.5) is 10.2 Å². The maximum Gasteiger partial charge on any atom is 0.175 e. The second kappa shape index (κ2) is 5.65. The lowest BCUT2D eigenvalue weighted by Gasteiger charge is -2.07. The van der Waals surface area contributed by atoms with Gasteiger partial charge in [0.2, 0.25) is 0 Å². The zero-order valence-corrected chi connectivity index (χ0v) is 11.4. The fraction of sp³-hybridized carbons (Fsp3) is 0.438. The Kier molecular flexibility index (Phi) is 3.72. The van der Waals surface area contributed by atoms with Crippen molar-refractivity contribution in [3.05, 3.63) is 35.8 Å². The molecule has 20 heavy (non-hydrogen) atoms. The average Bonchev–Trinajstić information content (AvgIpc) is 3.07. The van der Waals surface area contributed by atoms with Crippen molar-refractivity contribution >= 4 is 5.82 Å². The Balaban J connectivity index is 1.79. The van der Waals surface area contributed by atoms with Crippen LogP contribution in [-0.4, -0.2) is 5.16 Å². The zero-order chi connectivity index (χ0) is 13.9. The van der Waals surface area contributed by atoms with E-state index in [1.165, 1.54) is 37.8 Å². The molecular weight excluding hydrogens is 255 g/mol. The molecule has 106 valence electrons. The van der Waals surface area contributed by atoms with Gasteiger partial charge >= 0.3 is 0 Å². The van der Waals surface area contributed by atoms with E-state index < -0.39 is 0 Å². The van der Waals surface area contributed by atoms with E-state index >= 15 is 0 Å². The highest BCUT2D eigenvalue weighted by molar-refractivity contribution is 5.75. The van der Waals surface area contributed by atoms with E-state index in [1.54, 1.807) is 12.1 Å². The summed E-state index contributed by atoms with van der Waals surface area (Å²) in [5.41, 5.74) is 7.59. The molecule has 1 aromatic carbocycles. The number of rotatable bonds is 4. The van der Waals surface area contributed by atoms with Crippen LogP contribution in [0, 0.1) is 11.7 Å². The van der Waals surface area contributed by atoms with Gasteiger partial charge in [-0.1, -0.05) is 43.0 Å². The highest BCUT2D eigenvalue weighted by Gasteiger charge is 2.19. The van der Waals surface area contributed by atoms with E-state index in [-0.39, 0.29) is 5.82 Å².